The van der Waals surface area contributed by atoms with Crippen molar-refractivity contribution in [1.29, 1.82) is 0 Å². The monoisotopic (exact) mass is 397 g/mol. The van der Waals surface area contributed by atoms with E-state index in [2.05, 4.69) is 0 Å². The SMILES string of the molecule is O=C(C1CC1)N1CCN(S(=O)(=O)[C@@H]2CCCN(C(=O)C3CCCC3)C2)CC1. The van der Waals surface area contributed by atoms with Gasteiger partial charge < -0.3 is 9.80 Å². The zero-order valence-corrected chi connectivity index (χ0v) is 16.8. The van der Waals surface area contributed by atoms with Gasteiger partial charge in [0, 0.05) is 51.1 Å². The van der Waals surface area contributed by atoms with Crippen LogP contribution in [-0.4, -0.2) is 78.9 Å². The van der Waals surface area contributed by atoms with Crippen molar-refractivity contribution in [1.82, 2.24) is 14.1 Å². The van der Waals surface area contributed by atoms with Gasteiger partial charge in [-0.3, -0.25) is 9.59 Å². The predicted molar refractivity (Wildman–Crippen MR) is 101 cm³/mol. The van der Waals surface area contributed by atoms with Gasteiger partial charge in [-0.15, -0.1) is 0 Å². The fourth-order valence-corrected chi connectivity index (χ4v) is 6.70. The molecule has 0 N–H and O–H groups in total. The number of amides is 2. The number of nitrogens with zero attached hydrogens (tertiary/aromatic N) is 3. The summed E-state index contributed by atoms with van der Waals surface area (Å²) in [6.45, 7) is 2.77. The van der Waals surface area contributed by atoms with E-state index in [0.29, 0.717) is 45.7 Å². The lowest BCUT2D eigenvalue weighted by Gasteiger charge is -2.39. The Morgan fingerprint density at radius 3 is 1.89 bits per heavy atom. The Morgan fingerprint density at radius 2 is 1.26 bits per heavy atom. The number of rotatable bonds is 4. The minimum Gasteiger partial charge on any atom is -0.341 e. The predicted octanol–water partition coefficient (Wildman–Crippen LogP) is 1.05. The number of hydrogen-bond donors (Lipinski definition) is 0. The van der Waals surface area contributed by atoms with E-state index in [0.717, 1.165) is 44.9 Å². The second-order valence-corrected chi connectivity index (χ2v) is 10.8. The van der Waals surface area contributed by atoms with Crippen LogP contribution in [0.4, 0.5) is 0 Å². The van der Waals surface area contributed by atoms with Gasteiger partial charge in [-0.05, 0) is 38.5 Å². The zero-order chi connectivity index (χ0) is 19.0. The van der Waals surface area contributed by atoms with Crippen LogP contribution in [0.25, 0.3) is 0 Å². The van der Waals surface area contributed by atoms with Crippen molar-refractivity contribution in [3.05, 3.63) is 0 Å². The lowest BCUT2D eigenvalue weighted by molar-refractivity contribution is -0.136. The molecule has 27 heavy (non-hydrogen) atoms. The van der Waals surface area contributed by atoms with Crippen LogP contribution < -0.4 is 0 Å². The number of piperidine rings is 1. The molecule has 0 aromatic carbocycles. The second-order valence-electron chi connectivity index (χ2n) is 8.57. The van der Waals surface area contributed by atoms with Gasteiger partial charge in [0.05, 0.1) is 5.25 Å². The van der Waals surface area contributed by atoms with Crippen LogP contribution in [0.1, 0.15) is 51.4 Å². The van der Waals surface area contributed by atoms with Gasteiger partial charge in [0.2, 0.25) is 21.8 Å². The summed E-state index contributed by atoms with van der Waals surface area (Å²) in [6.07, 6.45) is 7.44. The summed E-state index contributed by atoms with van der Waals surface area (Å²) in [5.74, 6) is 0.635. The van der Waals surface area contributed by atoms with Crippen LogP contribution >= 0.6 is 0 Å². The molecule has 0 unspecified atom stereocenters. The fraction of sp³-hybridized carbons (Fsp3) is 0.895. The molecule has 0 aromatic rings. The molecule has 2 aliphatic carbocycles. The van der Waals surface area contributed by atoms with Gasteiger partial charge in [-0.25, -0.2) is 8.42 Å². The van der Waals surface area contributed by atoms with Crippen molar-refractivity contribution in [2.24, 2.45) is 11.8 Å². The number of likely N-dealkylation sites (tertiary alicyclic amines) is 1. The average Bonchev–Trinajstić information content (AvgIpc) is 3.41. The standard InChI is InChI=1S/C19H31N3O4S/c23-18(16-7-8-16)20-10-12-22(13-11-20)27(25,26)17-6-3-9-21(14-17)19(24)15-4-1-2-5-15/h15-17H,1-14H2/t17-/m1/s1. The van der Waals surface area contributed by atoms with E-state index in [-0.39, 0.29) is 23.7 Å². The van der Waals surface area contributed by atoms with E-state index in [1.54, 1.807) is 9.21 Å². The third-order valence-corrected chi connectivity index (χ3v) is 8.96. The molecule has 1 atom stereocenters. The van der Waals surface area contributed by atoms with Crippen molar-refractivity contribution in [3.8, 4) is 0 Å². The molecule has 152 valence electrons. The van der Waals surface area contributed by atoms with E-state index in [9.17, 15) is 18.0 Å². The second kappa shape index (κ2) is 7.70. The lowest BCUT2D eigenvalue weighted by Crippen LogP contribution is -2.55. The third-order valence-electron chi connectivity index (χ3n) is 6.65. The molecular weight excluding hydrogens is 366 g/mol. The maximum absolute atomic E-state index is 13.1. The van der Waals surface area contributed by atoms with Crippen molar-refractivity contribution in [2.45, 2.75) is 56.6 Å². The van der Waals surface area contributed by atoms with Gasteiger partial charge in [-0.1, -0.05) is 12.8 Å². The summed E-state index contributed by atoms with van der Waals surface area (Å²) in [5, 5.41) is -0.498. The number of carbonyl (C=O) groups excluding carboxylic acids is 2. The van der Waals surface area contributed by atoms with Gasteiger partial charge >= 0.3 is 0 Å². The number of hydrogen-bond acceptors (Lipinski definition) is 4. The third kappa shape index (κ3) is 4.01. The molecule has 7 nitrogen and oxygen atoms in total. The molecule has 0 aromatic heterocycles. The summed E-state index contributed by atoms with van der Waals surface area (Å²) in [6, 6.07) is 0. The smallest absolute Gasteiger partial charge is 0.225 e. The first-order valence-corrected chi connectivity index (χ1v) is 12.0. The van der Waals surface area contributed by atoms with Crippen LogP contribution in [0.15, 0.2) is 0 Å². The van der Waals surface area contributed by atoms with E-state index in [1.807, 2.05) is 4.90 Å². The topological polar surface area (TPSA) is 78.0 Å². The van der Waals surface area contributed by atoms with Gasteiger partial charge in [0.15, 0.2) is 0 Å². The summed E-state index contributed by atoms with van der Waals surface area (Å²) < 4.78 is 27.8. The maximum atomic E-state index is 13.1. The first-order valence-electron chi connectivity index (χ1n) is 10.5. The van der Waals surface area contributed by atoms with Crippen molar-refractivity contribution < 1.29 is 18.0 Å². The first-order chi connectivity index (χ1) is 13.0. The van der Waals surface area contributed by atoms with Crippen LogP contribution in [0.2, 0.25) is 0 Å². The Labute approximate surface area is 162 Å². The molecule has 2 aliphatic heterocycles. The van der Waals surface area contributed by atoms with Crippen LogP contribution in [-0.2, 0) is 19.6 Å². The van der Waals surface area contributed by atoms with Gasteiger partial charge in [-0.2, -0.15) is 4.31 Å². The maximum Gasteiger partial charge on any atom is 0.225 e. The number of carbonyl (C=O) groups is 2. The normalized spacial score (nSPS) is 28.5. The minimum absolute atomic E-state index is 0.100. The summed E-state index contributed by atoms with van der Waals surface area (Å²) in [5.41, 5.74) is 0. The molecule has 2 saturated heterocycles. The lowest BCUT2D eigenvalue weighted by atomic mass is 10.0. The van der Waals surface area contributed by atoms with Crippen LogP contribution in [0, 0.1) is 11.8 Å². The molecule has 4 fully saturated rings. The highest BCUT2D eigenvalue weighted by molar-refractivity contribution is 7.89. The highest BCUT2D eigenvalue weighted by Gasteiger charge is 2.41. The average molecular weight is 398 g/mol. The fourth-order valence-electron chi connectivity index (χ4n) is 4.77. The Bertz CT molecular complexity index is 677. The number of piperazine rings is 1. The molecule has 4 aliphatic rings. The Kier molecular flexibility index (Phi) is 5.47. The number of sulfonamides is 1. The summed E-state index contributed by atoms with van der Waals surface area (Å²) in [7, 11) is -3.43. The van der Waals surface area contributed by atoms with Gasteiger partial charge in [0.1, 0.15) is 0 Å². The molecular formula is C19H31N3O4S. The largest absolute Gasteiger partial charge is 0.341 e. The highest BCUT2D eigenvalue weighted by Crippen LogP contribution is 2.32. The van der Waals surface area contributed by atoms with E-state index in [4.69, 9.17) is 0 Å². The summed E-state index contributed by atoms with van der Waals surface area (Å²) in [4.78, 5) is 28.5. The van der Waals surface area contributed by atoms with Crippen LogP contribution in [0.3, 0.4) is 0 Å². The molecule has 0 radical (unpaired) electrons. The quantitative estimate of drug-likeness (QED) is 0.710. The van der Waals surface area contributed by atoms with E-state index in [1.165, 1.54) is 0 Å². The molecule has 0 bridgehead atoms. The highest BCUT2D eigenvalue weighted by atomic mass is 32.2. The Balaban J connectivity index is 1.35. The molecule has 4 rings (SSSR count). The van der Waals surface area contributed by atoms with Crippen molar-refractivity contribution in [3.63, 3.8) is 0 Å². The first kappa shape index (κ1) is 19.2. The summed E-state index contributed by atoms with van der Waals surface area (Å²) >= 11 is 0. The minimum atomic E-state index is -3.43. The van der Waals surface area contributed by atoms with Crippen molar-refractivity contribution in [2.75, 3.05) is 39.3 Å². The molecule has 2 amide bonds. The van der Waals surface area contributed by atoms with Crippen LogP contribution in [0.5, 0.6) is 0 Å². The molecule has 2 saturated carbocycles. The molecule has 2 heterocycles. The Hall–Kier alpha value is -1.15. The molecule has 8 heteroatoms. The molecule has 0 spiro atoms. The Morgan fingerprint density at radius 1 is 0.667 bits per heavy atom. The zero-order valence-electron chi connectivity index (χ0n) is 16.0. The van der Waals surface area contributed by atoms with E-state index >= 15 is 0 Å². The van der Waals surface area contributed by atoms with Gasteiger partial charge in [0.25, 0.3) is 0 Å². The van der Waals surface area contributed by atoms with Crippen molar-refractivity contribution >= 4 is 21.8 Å². The van der Waals surface area contributed by atoms with E-state index < -0.39 is 15.3 Å².